The first-order valence-corrected chi connectivity index (χ1v) is 5.07. The Morgan fingerprint density at radius 3 is 2.47 bits per heavy atom. The lowest BCUT2D eigenvalue weighted by Crippen LogP contribution is -2.11. The number of ether oxygens (including phenoxy) is 1. The summed E-state index contributed by atoms with van der Waals surface area (Å²) in [6.45, 7) is 4.67. The second kappa shape index (κ2) is 5.51. The van der Waals surface area contributed by atoms with Gasteiger partial charge in [0.05, 0.1) is 11.7 Å². The molecule has 15 heavy (non-hydrogen) atoms. The van der Waals surface area contributed by atoms with Crippen LogP contribution in [0.25, 0.3) is 0 Å². The van der Waals surface area contributed by atoms with Gasteiger partial charge < -0.3 is 9.84 Å². The lowest BCUT2D eigenvalue weighted by atomic mass is 10.1. The molecule has 0 fully saturated rings. The highest BCUT2D eigenvalue weighted by Crippen LogP contribution is 2.08. The summed E-state index contributed by atoms with van der Waals surface area (Å²) in [5, 5.41) is 8.72. The molecule has 0 saturated heterocycles. The summed E-state index contributed by atoms with van der Waals surface area (Å²) in [4.78, 5) is 10.6. The third-order valence-corrected chi connectivity index (χ3v) is 2.18. The van der Waals surface area contributed by atoms with E-state index in [0.717, 1.165) is 12.0 Å². The molecule has 1 N–H and O–H groups in total. The van der Waals surface area contributed by atoms with E-state index in [0.29, 0.717) is 12.2 Å². The maximum Gasteiger partial charge on any atom is 0.335 e. The highest BCUT2D eigenvalue weighted by molar-refractivity contribution is 5.87. The SMILES string of the molecule is CCOC(C)Cc1ccc(C(=O)O)cc1. The van der Waals surface area contributed by atoms with E-state index in [1.807, 2.05) is 26.0 Å². The van der Waals surface area contributed by atoms with Crippen molar-refractivity contribution in [3.8, 4) is 0 Å². The molecular weight excluding hydrogens is 192 g/mol. The number of carboxylic acids is 1. The van der Waals surface area contributed by atoms with Crippen molar-refractivity contribution in [3.63, 3.8) is 0 Å². The highest BCUT2D eigenvalue weighted by atomic mass is 16.5. The molecule has 0 bridgehead atoms. The molecule has 0 aromatic heterocycles. The fourth-order valence-electron chi connectivity index (χ4n) is 1.46. The molecule has 1 unspecified atom stereocenters. The molecule has 1 atom stereocenters. The lowest BCUT2D eigenvalue weighted by Gasteiger charge is -2.11. The maximum atomic E-state index is 10.6. The molecule has 3 nitrogen and oxygen atoms in total. The van der Waals surface area contributed by atoms with Gasteiger partial charge in [-0.1, -0.05) is 12.1 Å². The number of hydrogen-bond acceptors (Lipinski definition) is 2. The number of benzene rings is 1. The average molecular weight is 208 g/mol. The molecule has 0 radical (unpaired) electrons. The summed E-state index contributed by atoms with van der Waals surface area (Å²) in [5.41, 5.74) is 1.42. The Balaban J connectivity index is 2.60. The fraction of sp³-hybridized carbons (Fsp3) is 0.417. The van der Waals surface area contributed by atoms with Crippen molar-refractivity contribution in [2.24, 2.45) is 0 Å². The van der Waals surface area contributed by atoms with E-state index in [9.17, 15) is 4.79 Å². The Hall–Kier alpha value is -1.35. The number of carboxylic acid groups (broad SMARTS) is 1. The minimum absolute atomic E-state index is 0.172. The van der Waals surface area contributed by atoms with Crippen LogP contribution in [-0.4, -0.2) is 23.8 Å². The van der Waals surface area contributed by atoms with Gasteiger partial charge in [0.15, 0.2) is 0 Å². The van der Waals surface area contributed by atoms with Gasteiger partial charge in [0.1, 0.15) is 0 Å². The molecule has 0 aliphatic heterocycles. The molecule has 1 rings (SSSR count). The van der Waals surface area contributed by atoms with Crippen molar-refractivity contribution in [3.05, 3.63) is 35.4 Å². The molecule has 0 aliphatic rings. The summed E-state index contributed by atoms with van der Waals surface area (Å²) < 4.78 is 5.41. The molecule has 0 amide bonds. The molecule has 0 heterocycles. The predicted molar refractivity (Wildman–Crippen MR) is 58.2 cm³/mol. The van der Waals surface area contributed by atoms with Crippen molar-refractivity contribution in [1.82, 2.24) is 0 Å². The molecule has 0 saturated carbocycles. The zero-order chi connectivity index (χ0) is 11.3. The van der Waals surface area contributed by atoms with E-state index in [1.165, 1.54) is 0 Å². The van der Waals surface area contributed by atoms with Crippen molar-refractivity contribution < 1.29 is 14.6 Å². The van der Waals surface area contributed by atoms with Gasteiger partial charge in [0.2, 0.25) is 0 Å². The Morgan fingerprint density at radius 2 is 2.00 bits per heavy atom. The quantitative estimate of drug-likeness (QED) is 0.808. The van der Waals surface area contributed by atoms with E-state index in [1.54, 1.807) is 12.1 Å². The molecule has 0 spiro atoms. The zero-order valence-corrected chi connectivity index (χ0v) is 9.06. The largest absolute Gasteiger partial charge is 0.478 e. The average Bonchev–Trinajstić information content (AvgIpc) is 2.18. The van der Waals surface area contributed by atoms with E-state index in [-0.39, 0.29) is 6.10 Å². The van der Waals surface area contributed by atoms with Gasteiger partial charge in [-0.3, -0.25) is 0 Å². The molecule has 1 aromatic rings. The molecule has 0 aliphatic carbocycles. The van der Waals surface area contributed by atoms with Crippen LogP contribution in [-0.2, 0) is 11.2 Å². The van der Waals surface area contributed by atoms with Crippen molar-refractivity contribution in [1.29, 1.82) is 0 Å². The first-order chi connectivity index (χ1) is 7.13. The summed E-state index contributed by atoms with van der Waals surface area (Å²) in [5.74, 6) is -0.889. The van der Waals surface area contributed by atoms with E-state index < -0.39 is 5.97 Å². The van der Waals surface area contributed by atoms with Crippen molar-refractivity contribution in [2.75, 3.05) is 6.61 Å². The van der Waals surface area contributed by atoms with Gasteiger partial charge in [0, 0.05) is 6.61 Å². The Kier molecular flexibility index (Phi) is 4.31. The number of aromatic carboxylic acids is 1. The Labute approximate surface area is 89.7 Å². The van der Waals surface area contributed by atoms with Crippen molar-refractivity contribution in [2.45, 2.75) is 26.4 Å². The van der Waals surface area contributed by atoms with Gasteiger partial charge in [-0.15, -0.1) is 0 Å². The van der Waals surface area contributed by atoms with Crippen LogP contribution in [0.15, 0.2) is 24.3 Å². The summed E-state index contributed by atoms with van der Waals surface area (Å²) in [7, 11) is 0. The fourth-order valence-corrected chi connectivity index (χ4v) is 1.46. The van der Waals surface area contributed by atoms with Crippen LogP contribution in [0.5, 0.6) is 0 Å². The summed E-state index contributed by atoms with van der Waals surface area (Å²) in [6, 6.07) is 6.91. The molecule has 1 aromatic carbocycles. The van der Waals surface area contributed by atoms with Crippen LogP contribution in [0.3, 0.4) is 0 Å². The van der Waals surface area contributed by atoms with Gasteiger partial charge in [0.25, 0.3) is 0 Å². The maximum absolute atomic E-state index is 10.6. The molecular formula is C12H16O3. The highest BCUT2D eigenvalue weighted by Gasteiger charge is 2.05. The number of hydrogen-bond donors (Lipinski definition) is 1. The van der Waals surface area contributed by atoms with Gasteiger partial charge >= 0.3 is 5.97 Å². The van der Waals surface area contributed by atoms with Gasteiger partial charge in [-0.2, -0.15) is 0 Å². The zero-order valence-electron chi connectivity index (χ0n) is 9.06. The van der Waals surface area contributed by atoms with Crippen LogP contribution >= 0.6 is 0 Å². The third-order valence-electron chi connectivity index (χ3n) is 2.18. The first-order valence-electron chi connectivity index (χ1n) is 5.07. The second-order valence-corrected chi connectivity index (χ2v) is 3.47. The first kappa shape index (κ1) is 11.7. The molecule has 3 heteroatoms. The smallest absolute Gasteiger partial charge is 0.335 e. The van der Waals surface area contributed by atoms with Crippen LogP contribution in [0, 0.1) is 0 Å². The minimum atomic E-state index is -0.889. The van der Waals surface area contributed by atoms with Crippen molar-refractivity contribution >= 4 is 5.97 Å². The van der Waals surface area contributed by atoms with E-state index >= 15 is 0 Å². The van der Waals surface area contributed by atoms with Gasteiger partial charge in [-0.05, 0) is 38.0 Å². The topological polar surface area (TPSA) is 46.5 Å². The standard InChI is InChI=1S/C12H16O3/c1-3-15-9(2)8-10-4-6-11(7-5-10)12(13)14/h4-7,9H,3,8H2,1-2H3,(H,13,14). The molecule has 82 valence electrons. The van der Waals surface area contributed by atoms with Crippen LogP contribution in [0.4, 0.5) is 0 Å². The van der Waals surface area contributed by atoms with Crippen LogP contribution < -0.4 is 0 Å². The Bertz CT molecular complexity index is 316. The predicted octanol–water partition coefficient (Wildman–Crippen LogP) is 2.35. The van der Waals surface area contributed by atoms with Crippen LogP contribution in [0.2, 0.25) is 0 Å². The van der Waals surface area contributed by atoms with Gasteiger partial charge in [-0.25, -0.2) is 4.79 Å². The third kappa shape index (κ3) is 3.72. The normalized spacial score (nSPS) is 12.4. The van der Waals surface area contributed by atoms with E-state index in [4.69, 9.17) is 9.84 Å². The van der Waals surface area contributed by atoms with E-state index in [2.05, 4.69) is 0 Å². The lowest BCUT2D eigenvalue weighted by molar-refractivity contribution is 0.0697. The Morgan fingerprint density at radius 1 is 1.40 bits per heavy atom. The summed E-state index contributed by atoms with van der Waals surface area (Å²) >= 11 is 0. The second-order valence-electron chi connectivity index (χ2n) is 3.47. The monoisotopic (exact) mass is 208 g/mol. The number of carbonyl (C=O) groups is 1. The van der Waals surface area contributed by atoms with Crippen LogP contribution in [0.1, 0.15) is 29.8 Å². The summed E-state index contributed by atoms with van der Waals surface area (Å²) in [6.07, 6.45) is 0.985. The minimum Gasteiger partial charge on any atom is -0.478 e. The number of rotatable bonds is 5.